The molecule has 0 atom stereocenters. The second-order valence-corrected chi connectivity index (χ2v) is 7.40. The van der Waals surface area contributed by atoms with Crippen molar-refractivity contribution in [2.45, 2.75) is 57.5 Å². The average Bonchev–Trinajstić information content (AvgIpc) is 2.67. The first-order chi connectivity index (χ1) is 12.9. The van der Waals surface area contributed by atoms with Gasteiger partial charge < -0.3 is 4.74 Å². The summed E-state index contributed by atoms with van der Waals surface area (Å²) in [5.74, 6) is 1.65. The van der Waals surface area contributed by atoms with Crippen LogP contribution in [-0.4, -0.2) is 4.98 Å². The van der Waals surface area contributed by atoms with Crippen molar-refractivity contribution in [1.82, 2.24) is 4.98 Å². The minimum atomic E-state index is 0.508. The minimum Gasteiger partial charge on any atom is -0.487 e. The van der Waals surface area contributed by atoms with E-state index in [1.807, 2.05) is 24.3 Å². The van der Waals surface area contributed by atoms with Gasteiger partial charge in [0.15, 0.2) is 0 Å². The van der Waals surface area contributed by atoms with Gasteiger partial charge in [0.2, 0.25) is 0 Å². The molecule has 0 unspecified atom stereocenters. The molecule has 3 aromatic rings. The van der Waals surface area contributed by atoms with Crippen LogP contribution in [-0.2, 0) is 6.61 Å². The van der Waals surface area contributed by atoms with Crippen LogP contribution in [0.5, 0.6) is 5.75 Å². The Morgan fingerprint density at radius 1 is 0.769 bits per heavy atom. The lowest BCUT2D eigenvalue weighted by Gasteiger charge is -2.20. The SMILES string of the molecule is c1ccc2nc(COc3ccc(C4CCCCCCC4)cc3)ccc2c1. The second kappa shape index (κ2) is 8.35. The Labute approximate surface area is 156 Å². The van der Waals surface area contributed by atoms with Gasteiger partial charge in [0, 0.05) is 5.39 Å². The summed E-state index contributed by atoms with van der Waals surface area (Å²) < 4.78 is 5.97. The van der Waals surface area contributed by atoms with Gasteiger partial charge in [-0.2, -0.15) is 0 Å². The first-order valence-electron chi connectivity index (χ1n) is 9.96. The summed E-state index contributed by atoms with van der Waals surface area (Å²) in [6.45, 7) is 0.508. The zero-order valence-corrected chi connectivity index (χ0v) is 15.4. The van der Waals surface area contributed by atoms with Gasteiger partial charge in [-0.25, -0.2) is 4.98 Å². The first kappa shape index (κ1) is 17.1. The Hall–Kier alpha value is -2.35. The molecule has 1 aliphatic carbocycles. The Morgan fingerprint density at radius 3 is 2.31 bits per heavy atom. The molecule has 1 fully saturated rings. The van der Waals surface area contributed by atoms with Crippen LogP contribution in [0.1, 0.15) is 62.1 Å². The monoisotopic (exact) mass is 345 g/mol. The minimum absolute atomic E-state index is 0.508. The van der Waals surface area contributed by atoms with Gasteiger partial charge in [-0.1, -0.05) is 68.5 Å². The van der Waals surface area contributed by atoms with Crippen molar-refractivity contribution in [3.63, 3.8) is 0 Å². The number of hydrogen-bond acceptors (Lipinski definition) is 2. The van der Waals surface area contributed by atoms with E-state index < -0.39 is 0 Å². The highest BCUT2D eigenvalue weighted by molar-refractivity contribution is 5.78. The van der Waals surface area contributed by atoms with E-state index in [4.69, 9.17) is 4.74 Å². The maximum atomic E-state index is 5.97. The van der Waals surface area contributed by atoms with E-state index in [1.54, 1.807) is 0 Å². The number of benzene rings is 2. The third-order valence-corrected chi connectivity index (χ3v) is 5.50. The largest absolute Gasteiger partial charge is 0.487 e. The molecule has 0 amide bonds. The number of aromatic nitrogens is 1. The lowest BCUT2D eigenvalue weighted by atomic mass is 9.86. The fraction of sp³-hybridized carbons (Fsp3) is 0.375. The van der Waals surface area contributed by atoms with E-state index >= 15 is 0 Å². The Kier molecular flexibility index (Phi) is 5.49. The maximum absolute atomic E-state index is 5.97. The van der Waals surface area contributed by atoms with Crippen molar-refractivity contribution < 1.29 is 4.74 Å². The van der Waals surface area contributed by atoms with Crippen LogP contribution in [0.25, 0.3) is 10.9 Å². The molecule has 0 radical (unpaired) electrons. The molecular formula is C24H27NO. The van der Waals surface area contributed by atoms with E-state index in [1.165, 1.54) is 55.9 Å². The molecule has 0 N–H and O–H groups in total. The fourth-order valence-corrected chi connectivity index (χ4v) is 3.97. The number of ether oxygens (including phenoxy) is 1. The van der Waals surface area contributed by atoms with Crippen molar-refractivity contribution in [3.05, 3.63) is 71.9 Å². The zero-order chi connectivity index (χ0) is 17.6. The van der Waals surface area contributed by atoms with Crippen molar-refractivity contribution in [3.8, 4) is 5.75 Å². The lowest BCUT2D eigenvalue weighted by Crippen LogP contribution is -2.03. The Morgan fingerprint density at radius 2 is 1.50 bits per heavy atom. The van der Waals surface area contributed by atoms with Crippen molar-refractivity contribution >= 4 is 10.9 Å². The summed E-state index contributed by atoms with van der Waals surface area (Å²) in [5, 5.41) is 1.17. The third-order valence-electron chi connectivity index (χ3n) is 5.50. The third kappa shape index (κ3) is 4.24. The van der Waals surface area contributed by atoms with Crippen LogP contribution in [0.3, 0.4) is 0 Å². The quantitative estimate of drug-likeness (QED) is 0.528. The molecule has 1 heterocycles. The first-order valence-corrected chi connectivity index (χ1v) is 9.96. The standard InChI is InChI=1S/C24H27NO/c1-2-4-8-19(9-5-3-1)20-13-16-23(17-14-20)26-18-22-15-12-21-10-6-7-11-24(21)25-22/h6-7,10-17,19H,1-5,8-9,18H2. The molecular weight excluding hydrogens is 318 g/mol. The highest BCUT2D eigenvalue weighted by Gasteiger charge is 2.13. The van der Waals surface area contributed by atoms with Crippen molar-refractivity contribution in [2.24, 2.45) is 0 Å². The smallest absolute Gasteiger partial charge is 0.130 e. The summed E-state index contributed by atoms with van der Waals surface area (Å²) in [7, 11) is 0. The molecule has 1 aromatic heterocycles. The molecule has 1 aliphatic rings. The number of fused-ring (bicyclic) bond motifs is 1. The predicted molar refractivity (Wildman–Crippen MR) is 108 cm³/mol. The molecule has 0 aliphatic heterocycles. The van der Waals surface area contributed by atoms with Crippen LogP contribution in [0.2, 0.25) is 0 Å². The van der Waals surface area contributed by atoms with Gasteiger partial charge in [-0.05, 0) is 48.6 Å². The van der Waals surface area contributed by atoms with E-state index in [-0.39, 0.29) is 0 Å². The van der Waals surface area contributed by atoms with Crippen LogP contribution in [0.15, 0.2) is 60.7 Å². The Bertz CT molecular complexity index is 832. The van der Waals surface area contributed by atoms with Gasteiger partial charge >= 0.3 is 0 Å². The number of para-hydroxylation sites is 1. The summed E-state index contributed by atoms with van der Waals surface area (Å²) in [5.41, 5.74) is 3.46. The van der Waals surface area contributed by atoms with E-state index in [9.17, 15) is 0 Å². The maximum Gasteiger partial charge on any atom is 0.130 e. The zero-order valence-electron chi connectivity index (χ0n) is 15.4. The molecule has 0 spiro atoms. The fourth-order valence-electron chi connectivity index (χ4n) is 3.97. The normalized spacial score (nSPS) is 16.2. The number of rotatable bonds is 4. The van der Waals surface area contributed by atoms with E-state index in [2.05, 4.69) is 41.4 Å². The molecule has 2 heteroatoms. The van der Waals surface area contributed by atoms with E-state index in [0.717, 1.165) is 22.9 Å². The molecule has 2 nitrogen and oxygen atoms in total. The number of nitrogens with zero attached hydrogens (tertiary/aromatic N) is 1. The summed E-state index contributed by atoms with van der Waals surface area (Å²) >= 11 is 0. The molecule has 26 heavy (non-hydrogen) atoms. The molecule has 134 valence electrons. The highest BCUT2D eigenvalue weighted by Crippen LogP contribution is 2.31. The molecule has 0 saturated heterocycles. The van der Waals surface area contributed by atoms with Crippen molar-refractivity contribution in [2.75, 3.05) is 0 Å². The summed E-state index contributed by atoms with van der Waals surface area (Å²) in [6.07, 6.45) is 9.63. The van der Waals surface area contributed by atoms with Gasteiger partial charge in [0.1, 0.15) is 12.4 Å². The lowest BCUT2D eigenvalue weighted by molar-refractivity contribution is 0.301. The molecule has 1 saturated carbocycles. The van der Waals surface area contributed by atoms with Gasteiger partial charge in [-0.15, -0.1) is 0 Å². The van der Waals surface area contributed by atoms with Gasteiger partial charge in [0.05, 0.1) is 11.2 Å². The summed E-state index contributed by atoms with van der Waals surface area (Å²) in [4.78, 5) is 4.68. The second-order valence-electron chi connectivity index (χ2n) is 7.40. The van der Waals surface area contributed by atoms with Crippen molar-refractivity contribution in [1.29, 1.82) is 0 Å². The van der Waals surface area contributed by atoms with Gasteiger partial charge in [0.25, 0.3) is 0 Å². The Balaban J connectivity index is 1.38. The number of pyridine rings is 1. The number of hydrogen-bond donors (Lipinski definition) is 0. The highest BCUT2D eigenvalue weighted by atomic mass is 16.5. The van der Waals surface area contributed by atoms with Crippen LogP contribution >= 0.6 is 0 Å². The molecule has 2 aromatic carbocycles. The van der Waals surface area contributed by atoms with E-state index in [0.29, 0.717) is 6.61 Å². The molecule has 0 bridgehead atoms. The molecule has 4 rings (SSSR count). The van der Waals surface area contributed by atoms with Crippen LogP contribution < -0.4 is 4.74 Å². The van der Waals surface area contributed by atoms with Gasteiger partial charge in [-0.3, -0.25) is 0 Å². The average molecular weight is 345 g/mol. The topological polar surface area (TPSA) is 22.1 Å². The van der Waals surface area contributed by atoms with Crippen LogP contribution in [0, 0.1) is 0 Å². The van der Waals surface area contributed by atoms with Crippen LogP contribution in [0.4, 0.5) is 0 Å². The summed E-state index contributed by atoms with van der Waals surface area (Å²) in [6, 6.07) is 21.1. The predicted octanol–water partition coefficient (Wildman–Crippen LogP) is 6.64.